The number of carboxylic acids is 1. The Balaban J connectivity index is 1.69. The molecule has 1 amide bonds. The minimum Gasteiger partial charge on any atom is -0.481 e. The molecule has 0 radical (unpaired) electrons. The molecule has 110 valence electrons. The van der Waals surface area contributed by atoms with E-state index in [0.29, 0.717) is 19.5 Å². The van der Waals surface area contributed by atoms with Crippen LogP contribution in [-0.2, 0) is 9.59 Å². The third kappa shape index (κ3) is 1.95. The molecule has 2 unspecified atom stereocenters. The van der Waals surface area contributed by atoms with Gasteiger partial charge in [-0.15, -0.1) is 0 Å². The number of allylic oxidation sites excluding steroid dienone is 2. The number of aliphatic carboxylic acids is 1. The molecule has 1 saturated heterocycles. The average Bonchev–Trinajstić information content (AvgIpc) is 2.94. The van der Waals surface area contributed by atoms with Crippen LogP contribution < -0.4 is 0 Å². The average molecular weight is 279 g/mol. The molecule has 0 aromatic rings. The van der Waals surface area contributed by atoms with E-state index in [-0.39, 0.29) is 17.7 Å². The summed E-state index contributed by atoms with van der Waals surface area (Å²) in [5.74, 6) is -1.92. The molecule has 2 N–H and O–H groups in total. The predicted octanol–water partition coefficient (Wildman–Crippen LogP) is 0.883. The molecule has 1 saturated carbocycles. The summed E-state index contributed by atoms with van der Waals surface area (Å²) in [7, 11) is 0. The number of rotatable bonds is 4. The van der Waals surface area contributed by atoms with E-state index >= 15 is 0 Å². The quantitative estimate of drug-likeness (QED) is 0.749. The fourth-order valence-corrected chi connectivity index (χ4v) is 4.15. The summed E-state index contributed by atoms with van der Waals surface area (Å²) in [6.45, 7) is 2.71. The zero-order valence-corrected chi connectivity index (χ0v) is 11.7. The molecule has 5 nitrogen and oxygen atoms in total. The monoisotopic (exact) mass is 279 g/mol. The van der Waals surface area contributed by atoms with Crippen molar-refractivity contribution in [3.8, 4) is 0 Å². The van der Waals surface area contributed by atoms with Gasteiger partial charge in [-0.25, -0.2) is 0 Å². The van der Waals surface area contributed by atoms with Crippen LogP contribution in [0.5, 0.6) is 0 Å². The zero-order valence-electron chi connectivity index (χ0n) is 11.7. The van der Waals surface area contributed by atoms with Gasteiger partial charge >= 0.3 is 5.97 Å². The van der Waals surface area contributed by atoms with Crippen molar-refractivity contribution in [1.82, 2.24) is 4.90 Å². The molecule has 3 rings (SSSR count). The van der Waals surface area contributed by atoms with Crippen LogP contribution in [0.15, 0.2) is 12.2 Å². The Kier molecular flexibility index (Phi) is 3.12. The standard InChI is InChI=1S/C15H21NO4/c1-2-5-15(20)7-16(8-15)13(17)11-9-3-4-10(6-9)12(11)14(18)19/h3-4,9-12,20H,2,5-8H2,1H3,(H,18,19)/t9?,10?,11-,12+/m0/s1. The van der Waals surface area contributed by atoms with Crippen LogP contribution in [0.25, 0.3) is 0 Å². The number of hydrogen-bond donors (Lipinski definition) is 2. The van der Waals surface area contributed by atoms with E-state index in [1.807, 2.05) is 19.1 Å². The first-order valence-corrected chi connectivity index (χ1v) is 7.37. The second-order valence-electron chi connectivity index (χ2n) is 6.51. The number of hydrogen-bond acceptors (Lipinski definition) is 3. The molecule has 1 heterocycles. The summed E-state index contributed by atoms with van der Waals surface area (Å²) in [5.41, 5.74) is -0.753. The number of β-amino-alcohol motifs (C(OH)–C–C–N with tert-alkyl or cyclic N) is 1. The number of aliphatic hydroxyl groups is 1. The first kappa shape index (κ1) is 13.6. The van der Waals surface area contributed by atoms with Crippen LogP contribution in [-0.4, -0.2) is 45.7 Å². The topological polar surface area (TPSA) is 77.8 Å². The highest BCUT2D eigenvalue weighted by Crippen LogP contribution is 2.49. The van der Waals surface area contributed by atoms with Gasteiger partial charge in [-0.2, -0.15) is 0 Å². The minimum atomic E-state index is -0.871. The number of carboxylic acid groups (broad SMARTS) is 1. The second kappa shape index (κ2) is 4.58. The largest absolute Gasteiger partial charge is 0.481 e. The molecular formula is C15H21NO4. The van der Waals surface area contributed by atoms with Gasteiger partial charge in [-0.1, -0.05) is 25.5 Å². The van der Waals surface area contributed by atoms with Gasteiger partial charge in [0.05, 0.1) is 30.5 Å². The van der Waals surface area contributed by atoms with Crippen molar-refractivity contribution < 1.29 is 19.8 Å². The first-order valence-electron chi connectivity index (χ1n) is 7.37. The van der Waals surface area contributed by atoms with Crippen LogP contribution in [0.2, 0.25) is 0 Å². The lowest BCUT2D eigenvalue weighted by Crippen LogP contribution is -2.65. The molecule has 3 aliphatic rings. The van der Waals surface area contributed by atoms with Gasteiger partial charge < -0.3 is 15.1 Å². The first-order chi connectivity index (χ1) is 9.45. The van der Waals surface area contributed by atoms with Crippen LogP contribution in [0.3, 0.4) is 0 Å². The Morgan fingerprint density at radius 2 is 1.85 bits per heavy atom. The Labute approximate surface area is 118 Å². The van der Waals surface area contributed by atoms with Crippen LogP contribution >= 0.6 is 0 Å². The maximum atomic E-state index is 12.5. The summed E-state index contributed by atoms with van der Waals surface area (Å²) in [4.78, 5) is 25.6. The second-order valence-corrected chi connectivity index (χ2v) is 6.51. The number of nitrogens with zero attached hydrogens (tertiary/aromatic N) is 1. The molecule has 20 heavy (non-hydrogen) atoms. The zero-order chi connectivity index (χ0) is 14.5. The van der Waals surface area contributed by atoms with Crippen molar-refractivity contribution in [2.75, 3.05) is 13.1 Å². The predicted molar refractivity (Wildman–Crippen MR) is 71.8 cm³/mol. The van der Waals surface area contributed by atoms with Crippen molar-refractivity contribution in [3.05, 3.63) is 12.2 Å². The van der Waals surface area contributed by atoms with Crippen molar-refractivity contribution in [1.29, 1.82) is 0 Å². The van der Waals surface area contributed by atoms with Gasteiger partial charge in [0.1, 0.15) is 0 Å². The summed E-state index contributed by atoms with van der Waals surface area (Å²) in [6.07, 6.45) is 6.28. The van der Waals surface area contributed by atoms with Crippen molar-refractivity contribution in [2.24, 2.45) is 23.7 Å². The summed E-state index contributed by atoms with van der Waals surface area (Å²) < 4.78 is 0. The number of carbonyl (C=O) groups is 2. The molecule has 2 aliphatic carbocycles. The van der Waals surface area contributed by atoms with Crippen molar-refractivity contribution >= 4 is 11.9 Å². The van der Waals surface area contributed by atoms with Crippen LogP contribution in [0.1, 0.15) is 26.2 Å². The number of amides is 1. The SMILES string of the molecule is CCCC1(O)CN(C(=O)[C@H]2C3C=CC(C3)[C@H]2C(=O)O)C1. The fourth-order valence-electron chi connectivity index (χ4n) is 4.15. The lowest BCUT2D eigenvalue weighted by atomic mass is 9.80. The molecule has 5 heteroatoms. The van der Waals surface area contributed by atoms with Gasteiger partial charge in [0.25, 0.3) is 0 Å². The maximum absolute atomic E-state index is 12.5. The highest BCUT2D eigenvalue weighted by atomic mass is 16.4. The molecule has 2 fully saturated rings. The summed E-state index contributed by atoms with van der Waals surface area (Å²) in [5, 5.41) is 19.5. The number of fused-ring (bicyclic) bond motifs is 2. The smallest absolute Gasteiger partial charge is 0.307 e. The molecule has 2 bridgehead atoms. The molecule has 0 aromatic carbocycles. The van der Waals surface area contributed by atoms with E-state index in [4.69, 9.17) is 0 Å². The van der Waals surface area contributed by atoms with E-state index < -0.39 is 23.4 Å². The van der Waals surface area contributed by atoms with E-state index in [1.165, 1.54) is 0 Å². The Morgan fingerprint density at radius 1 is 1.25 bits per heavy atom. The third-order valence-corrected chi connectivity index (χ3v) is 5.03. The van der Waals surface area contributed by atoms with Crippen LogP contribution in [0, 0.1) is 23.7 Å². The van der Waals surface area contributed by atoms with Crippen molar-refractivity contribution in [3.63, 3.8) is 0 Å². The Hall–Kier alpha value is -1.36. The summed E-state index contributed by atoms with van der Waals surface area (Å²) in [6, 6.07) is 0. The molecule has 0 spiro atoms. The van der Waals surface area contributed by atoms with E-state index in [1.54, 1.807) is 4.90 Å². The highest BCUT2D eigenvalue weighted by Gasteiger charge is 2.55. The van der Waals surface area contributed by atoms with Gasteiger partial charge in [-0.05, 0) is 24.7 Å². The fraction of sp³-hybridized carbons (Fsp3) is 0.733. The van der Waals surface area contributed by atoms with E-state index in [2.05, 4.69) is 0 Å². The maximum Gasteiger partial charge on any atom is 0.307 e. The van der Waals surface area contributed by atoms with E-state index in [0.717, 1.165) is 12.8 Å². The lowest BCUT2D eigenvalue weighted by Gasteiger charge is -2.48. The minimum absolute atomic E-state index is 0.00209. The lowest BCUT2D eigenvalue weighted by molar-refractivity contribution is -0.166. The van der Waals surface area contributed by atoms with Gasteiger partial charge in [0.15, 0.2) is 0 Å². The van der Waals surface area contributed by atoms with E-state index in [9.17, 15) is 19.8 Å². The molecule has 4 atom stereocenters. The molecular weight excluding hydrogens is 258 g/mol. The Morgan fingerprint density at radius 3 is 2.40 bits per heavy atom. The van der Waals surface area contributed by atoms with Gasteiger partial charge in [0, 0.05) is 0 Å². The van der Waals surface area contributed by atoms with Gasteiger partial charge in [-0.3, -0.25) is 9.59 Å². The Bertz CT molecular complexity index is 466. The number of carbonyl (C=O) groups excluding carboxylic acids is 1. The molecule has 1 aliphatic heterocycles. The van der Waals surface area contributed by atoms with Crippen LogP contribution in [0.4, 0.5) is 0 Å². The highest BCUT2D eigenvalue weighted by molar-refractivity contribution is 5.87. The number of likely N-dealkylation sites (tertiary alicyclic amines) is 1. The van der Waals surface area contributed by atoms with Crippen molar-refractivity contribution in [2.45, 2.75) is 31.8 Å². The molecule has 0 aromatic heterocycles. The third-order valence-electron chi connectivity index (χ3n) is 5.03. The summed E-state index contributed by atoms with van der Waals surface area (Å²) >= 11 is 0. The normalized spacial score (nSPS) is 37.0. The van der Waals surface area contributed by atoms with Gasteiger partial charge in [0.2, 0.25) is 5.91 Å².